The molecule has 3 nitrogen and oxygen atoms in total. The van der Waals surface area contributed by atoms with E-state index in [9.17, 15) is 4.39 Å². The molecule has 0 saturated heterocycles. The molecule has 1 aromatic heterocycles. The van der Waals surface area contributed by atoms with E-state index in [0.29, 0.717) is 10.1 Å². The summed E-state index contributed by atoms with van der Waals surface area (Å²) in [4.78, 5) is 8.87. The van der Waals surface area contributed by atoms with E-state index < -0.39 is 0 Å². The summed E-state index contributed by atoms with van der Waals surface area (Å²) in [7, 11) is 0. The molecule has 0 aliphatic rings. The zero-order valence-electron chi connectivity index (χ0n) is 10.2. The lowest BCUT2D eigenvalue weighted by Crippen LogP contribution is -2.07. The molecule has 1 atom stereocenters. The van der Waals surface area contributed by atoms with Crippen LogP contribution in [0.2, 0.25) is 0 Å². The van der Waals surface area contributed by atoms with Crippen molar-refractivity contribution in [3.63, 3.8) is 0 Å². The highest BCUT2D eigenvalue weighted by atomic mass is 32.2. The maximum absolute atomic E-state index is 13.9. The van der Waals surface area contributed by atoms with E-state index in [2.05, 4.69) is 9.97 Å². The first-order chi connectivity index (χ1) is 8.58. The number of halogens is 1. The van der Waals surface area contributed by atoms with E-state index in [-0.39, 0.29) is 11.9 Å². The average molecular weight is 263 g/mol. The van der Waals surface area contributed by atoms with Crippen molar-refractivity contribution in [1.82, 2.24) is 9.97 Å². The third-order valence-electron chi connectivity index (χ3n) is 2.45. The number of rotatable bonds is 3. The molecule has 0 spiro atoms. The van der Waals surface area contributed by atoms with Gasteiger partial charge in [0.1, 0.15) is 5.82 Å². The lowest BCUT2D eigenvalue weighted by Gasteiger charge is -2.12. The highest BCUT2D eigenvalue weighted by Gasteiger charge is 2.14. The van der Waals surface area contributed by atoms with E-state index in [1.165, 1.54) is 17.8 Å². The summed E-state index contributed by atoms with van der Waals surface area (Å²) in [6.07, 6.45) is 1.66. The van der Waals surface area contributed by atoms with Gasteiger partial charge < -0.3 is 5.73 Å². The van der Waals surface area contributed by atoms with Gasteiger partial charge in [-0.25, -0.2) is 14.4 Å². The third kappa shape index (κ3) is 2.86. The maximum Gasteiger partial charge on any atom is 0.192 e. The van der Waals surface area contributed by atoms with E-state index in [4.69, 9.17) is 5.73 Å². The first kappa shape index (κ1) is 13.0. The lowest BCUT2D eigenvalue weighted by molar-refractivity contribution is 0.591. The SMILES string of the molecule is Cc1ccnc(Sc2c(F)cccc2[C@@H](C)N)n1. The fourth-order valence-electron chi connectivity index (χ4n) is 1.56. The average Bonchev–Trinajstić information content (AvgIpc) is 2.31. The van der Waals surface area contributed by atoms with Gasteiger partial charge in [0.2, 0.25) is 0 Å². The van der Waals surface area contributed by atoms with Crippen LogP contribution in [-0.4, -0.2) is 9.97 Å². The van der Waals surface area contributed by atoms with Crippen LogP contribution in [0.5, 0.6) is 0 Å². The predicted molar refractivity (Wildman–Crippen MR) is 69.9 cm³/mol. The van der Waals surface area contributed by atoms with Crippen molar-refractivity contribution in [2.24, 2.45) is 5.73 Å². The Morgan fingerprint density at radius 1 is 1.33 bits per heavy atom. The zero-order valence-corrected chi connectivity index (χ0v) is 11.0. The molecule has 2 rings (SSSR count). The molecule has 94 valence electrons. The highest BCUT2D eigenvalue weighted by Crippen LogP contribution is 2.32. The van der Waals surface area contributed by atoms with Gasteiger partial charge in [0.05, 0.1) is 4.90 Å². The van der Waals surface area contributed by atoms with Crippen molar-refractivity contribution in [2.75, 3.05) is 0 Å². The second-order valence-electron chi connectivity index (χ2n) is 4.03. The van der Waals surface area contributed by atoms with E-state index in [1.54, 1.807) is 18.3 Å². The molecule has 0 unspecified atom stereocenters. The summed E-state index contributed by atoms with van der Waals surface area (Å²) < 4.78 is 13.9. The maximum atomic E-state index is 13.9. The molecule has 1 heterocycles. The number of nitrogens with two attached hydrogens (primary N) is 1. The molecule has 0 aliphatic carbocycles. The topological polar surface area (TPSA) is 51.8 Å². The Kier molecular flexibility index (Phi) is 3.93. The Morgan fingerprint density at radius 2 is 2.11 bits per heavy atom. The summed E-state index contributed by atoms with van der Waals surface area (Å²) in [5, 5.41) is 0.530. The van der Waals surface area contributed by atoms with Crippen molar-refractivity contribution in [2.45, 2.75) is 29.9 Å². The number of hydrogen-bond donors (Lipinski definition) is 1. The summed E-state index contributed by atoms with van der Waals surface area (Å²) in [5.74, 6) is -0.292. The number of hydrogen-bond acceptors (Lipinski definition) is 4. The van der Waals surface area contributed by atoms with Crippen LogP contribution in [0.25, 0.3) is 0 Å². The fourth-order valence-corrected chi connectivity index (χ4v) is 2.58. The molecule has 2 N–H and O–H groups in total. The quantitative estimate of drug-likeness (QED) is 0.865. The normalized spacial score (nSPS) is 12.4. The van der Waals surface area contributed by atoms with Gasteiger partial charge in [-0.1, -0.05) is 12.1 Å². The lowest BCUT2D eigenvalue weighted by atomic mass is 10.1. The second kappa shape index (κ2) is 5.46. The van der Waals surface area contributed by atoms with Crippen molar-refractivity contribution in [1.29, 1.82) is 0 Å². The molecule has 0 fully saturated rings. The summed E-state index contributed by atoms with van der Waals surface area (Å²) in [5.41, 5.74) is 7.47. The van der Waals surface area contributed by atoms with Gasteiger partial charge >= 0.3 is 0 Å². The van der Waals surface area contributed by atoms with Crippen LogP contribution in [0.3, 0.4) is 0 Å². The standard InChI is InChI=1S/C13H14FN3S/c1-8-6-7-16-13(17-8)18-12-10(9(2)15)4-3-5-11(12)14/h3-7,9H,15H2,1-2H3/t9-/m1/s1. The minimum atomic E-state index is -0.292. The van der Waals surface area contributed by atoms with E-state index in [1.807, 2.05) is 19.9 Å². The van der Waals surface area contributed by atoms with Gasteiger partial charge in [-0.05, 0) is 43.3 Å². The minimum Gasteiger partial charge on any atom is -0.324 e. The van der Waals surface area contributed by atoms with Crippen LogP contribution in [0.4, 0.5) is 4.39 Å². The largest absolute Gasteiger partial charge is 0.324 e. The van der Waals surface area contributed by atoms with Crippen LogP contribution in [0.1, 0.15) is 24.2 Å². The Morgan fingerprint density at radius 3 is 2.78 bits per heavy atom. The summed E-state index contributed by atoms with van der Waals surface area (Å²) in [6.45, 7) is 3.70. The van der Waals surface area contributed by atoms with Crippen molar-refractivity contribution < 1.29 is 4.39 Å². The number of benzene rings is 1. The third-order valence-corrected chi connectivity index (χ3v) is 3.47. The molecular formula is C13H14FN3S. The van der Waals surface area contributed by atoms with Crippen LogP contribution in [0.15, 0.2) is 40.5 Å². The van der Waals surface area contributed by atoms with Gasteiger partial charge in [0.15, 0.2) is 5.16 Å². The summed E-state index contributed by atoms with van der Waals surface area (Å²) >= 11 is 1.21. The Labute approximate surface area is 110 Å². The van der Waals surface area contributed by atoms with Crippen LogP contribution >= 0.6 is 11.8 Å². The molecule has 2 aromatic rings. The van der Waals surface area contributed by atoms with E-state index >= 15 is 0 Å². The molecule has 0 amide bonds. The molecular weight excluding hydrogens is 249 g/mol. The molecule has 1 aromatic carbocycles. The highest BCUT2D eigenvalue weighted by molar-refractivity contribution is 7.99. The van der Waals surface area contributed by atoms with Gasteiger partial charge in [0, 0.05) is 17.9 Å². The molecule has 18 heavy (non-hydrogen) atoms. The number of aryl methyl sites for hydroxylation is 1. The van der Waals surface area contributed by atoms with Crippen molar-refractivity contribution >= 4 is 11.8 Å². The molecule has 0 saturated carbocycles. The monoisotopic (exact) mass is 263 g/mol. The van der Waals surface area contributed by atoms with Crippen LogP contribution in [0, 0.1) is 12.7 Å². The minimum absolute atomic E-state index is 0.229. The van der Waals surface area contributed by atoms with Gasteiger partial charge in [-0.15, -0.1) is 0 Å². The fraction of sp³-hybridized carbons (Fsp3) is 0.231. The predicted octanol–water partition coefficient (Wildman–Crippen LogP) is 3.10. The van der Waals surface area contributed by atoms with Crippen molar-refractivity contribution in [3.05, 3.63) is 47.5 Å². The van der Waals surface area contributed by atoms with Gasteiger partial charge in [-0.3, -0.25) is 0 Å². The molecule has 0 bridgehead atoms. The Balaban J connectivity index is 2.39. The van der Waals surface area contributed by atoms with Crippen molar-refractivity contribution in [3.8, 4) is 0 Å². The molecule has 0 aliphatic heterocycles. The number of nitrogens with zero attached hydrogens (tertiary/aromatic N) is 2. The molecule has 0 radical (unpaired) electrons. The van der Waals surface area contributed by atoms with Crippen LogP contribution in [-0.2, 0) is 0 Å². The van der Waals surface area contributed by atoms with E-state index in [0.717, 1.165) is 11.3 Å². The summed E-state index contributed by atoms with van der Waals surface area (Å²) in [6, 6.07) is 6.48. The Hall–Kier alpha value is -1.46. The zero-order chi connectivity index (χ0) is 13.1. The first-order valence-electron chi connectivity index (χ1n) is 5.59. The molecule has 5 heteroatoms. The first-order valence-corrected chi connectivity index (χ1v) is 6.41. The van der Waals surface area contributed by atoms with Gasteiger partial charge in [-0.2, -0.15) is 0 Å². The Bertz CT molecular complexity index is 558. The smallest absolute Gasteiger partial charge is 0.192 e. The number of aromatic nitrogens is 2. The van der Waals surface area contributed by atoms with Gasteiger partial charge in [0.25, 0.3) is 0 Å². The second-order valence-corrected chi connectivity index (χ2v) is 5.01. The van der Waals surface area contributed by atoms with Crippen LogP contribution < -0.4 is 5.73 Å².